The molecule has 4 heteroatoms. The van der Waals surface area contributed by atoms with Crippen LogP contribution in [0.1, 0.15) is 33.6 Å². The third kappa shape index (κ3) is 4.16. The Morgan fingerprint density at radius 3 is 1.93 bits per heavy atom. The van der Waals surface area contributed by atoms with Crippen molar-refractivity contribution >= 4 is 17.5 Å². The van der Waals surface area contributed by atoms with E-state index in [1.165, 1.54) is 7.11 Å². The van der Waals surface area contributed by atoms with E-state index in [1.807, 2.05) is 0 Å². The van der Waals surface area contributed by atoms with Crippen molar-refractivity contribution in [2.24, 2.45) is 5.41 Å². The van der Waals surface area contributed by atoms with Crippen molar-refractivity contribution in [3.05, 3.63) is 0 Å². The van der Waals surface area contributed by atoms with E-state index in [0.717, 1.165) is 0 Å². The van der Waals surface area contributed by atoms with Crippen molar-refractivity contribution < 1.29 is 19.1 Å². The van der Waals surface area contributed by atoms with Crippen LogP contribution in [0.4, 0.5) is 0 Å². The van der Waals surface area contributed by atoms with Crippen molar-refractivity contribution in [1.29, 1.82) is 0 Å². The molecule has 0 atom stereocenters. The van der Waals surface area contributed by atoms with Gasteiger partial charge in [0.1, 0.15) is 0 Å². The number of carbonyl (C=O) groups is 3. The first kappa shape index (κ1) is 12.8. The zero-order valence-electron chi connectivity index (χ0n) is 9.05. The van der Waals surface area contributed by atoms with Crippen LogP contribution in [0.25, 0.3) is 0 Å². The van der Waals surface area contributed by atoms with Crippen LogP contribution in [0.3, 0.4) is 0 Å². The summed E-state index contributed by atoms with van der Waals surface area (Å²) in [4.78, 5) is 33.3. The minimum Gasteiger partial charge on any atom is -0.469 e. The number of carbonyl (C=O) groups excluding carboxylic acids is 3. The van der Waals surface area contributed by atoms with E-state index in [1.54, 1.807) is 20.8 Å². The van der Waals surface area contributed by atoms with E-state index in [2.05, 4.69) is 4.74 Å². The molecule has 14 heavy (non-hydrogen) atoms. The summed E-state index contributed by atoms with van der Waals surface area (Å²) in [6.45, 7) is 5.02. The highest BCUT2D eigenvalue weighted by atomic mass is 16.5. The van der Waals surface area contributed by atoms with Crippen LogP contribution in [0.2, 0.25) is 0 Å². The normalized spacial score (nSPS) is 10.9. The Bertz CT molecular complexity index is 247. The zero-order valence-corrected chi connectivity index (χ0v) is 9.05. The van der Waals surface area contributed by atoms with E-state index >= 15 is 0 Å². The largest absolute Gasteiger partial charge is 0.469 e. The quantitative estimate of drug-likeness (QED) is 0.504. The van der Waals surface area contributed by atoms with Crippen molar-refractivity contribution in [3.8, 4) is 0 Å². The molecule has 0 aromatic heterocycles. The Kier molecular flexibility index (Phi) is 4.47. The third-order valence-corrected chi connectivity index (χ3v) is 1.72. The molecule has 0 unspecified atom stereocenters. The molecule has 0 aromatic rings. The van der Waals surface area contributed by atoms with Gasteiger partial charge in [-0.25, -0.2) is 0 Å². The molecule has 0 rings (SSSR count). The molecule has 0 heterocycles. The van der Waals surface area contributed by atoms with Crippen LogP contribution >= 0.6 is 0 Å². The van der Waals surface area contributed by atoms with Crippen LogP contribution in [0.15, 0.2) is 0 Å². The second-order valence-corrected chi connectivity index (χ2v) is 4.08. The molecule has 0 saturated heterocycles. The Balaban J connectivity index is 4.11. The van der Waals surface area contributed by atoms with Crippen LogP contribution in [0.5, 0.6) is 0 Å². The maximum absolute atomic E-state index is 11.4. The fourth-order valence-electron chi connectivity index (χ4n) is 0.849. The molecule has 0 aliphatic heterocycles. The number of hydrogen-bond donors (Lipinski definition) is 0. The number of ketones is 2. The molecule has 0 saturated carbocycles. The second-order valence-electron chi connectivity index (χ2n) is 4.08. The minimum atomic E-state index is -0.673. The highest BCUT2D eigenvalue weighted by Gasteiger charge is 2.27. The van der Waals surface area contributed by atoms with Crippen LogP contribution in [-0.2, 0) is 19.1 Å². The Morgan fingerprint density at radius 2 is 1.57 bits per heavy atom. The molecular weight excluding hydrogens is 184 g/mol. The van der Waals surface area contributed by atoms with Gasteiger partial charge in [-0.3, -0.25) is 14.4 Å². The highest BCUT2D eigenvalue weighted by Crippen LogP contribution is 2.16. The summed E-state index contributed by atoms with van der Waals surface area (Å²) in [6, 6.07) is 0. The molecule has 0 radical (unpaired) electrons. The number of methoxy groups -OCH3 is 1. The van der Waals surface area contributed by atoms with Gasteiger partial charge in [-0.1, -0.05) is 20.8 Å². The zero-order chi connectivity index (χ0) is 11.4. The van der Waals surface area contributed by atoms with Crippen molar-refractivity contribution in [1.82, 2.24) is 0 Å². The van der Waals surface area contributed by atoms with E-state index in [0.29, 0.717) is 0 Å². The van der Waals surface area contributed by atoms with Gasteiger partial charge in [0.05, 0.1) is 13.5 Å². The lowest BCUT2D eigenvalue weighted by Crippen LogP contribution is -2.28. The SMILES string of the molecule is COC(=O)CCC(=O)C(=O)C(C)(C)C. The van der Waals surface area contributed by atoms with Gasteiger partial charge in [-0.05, 0) is 0 Å². The molecule has 0 aliphatic carbocycles. The topological polar surface area (TPSA) is 60.4 Å². The molecular formula is C10H16O4. The average molecular weight is 200 g/mol. The first-order chi connectivity index (χ1) is 6.29. The molecule has 0 fully saturated rings. The monoisotopic (exact) mass is 200 g/mol. The van der Waals surface area contributed by atoms with Crippen LogP contribution in [0, 0.1) is 5.41 Å². The van der Waals surface area contributed by atoms with Crippen LogP contribution < -0.4 is 0 Å². The van der Waals surface area contributed by atoms with E-state index in [-0.39, 0.29) is 12.8 Å². The van der Waals surface area contributed by atoms with E-state index in [4.69, 9.17) is 0 Å². The summed E-state index contributed by atoms with van der Waals surface area (Å²) in [6.07, 6.45) is -0.0973. The molecule has 0 aliphatic rings. The number of Topliss-reactive ketones (excluding diaryl/α,β-unsaturated/α-hetero) is 2. The predicted octanol–water partition coefficient (Wildman–Crippen LogP) is 1.12. The molecule has 0 bridgehead atoms. The van der Waals surface area contributed by atoms with Crippen molar-refractivity contribution in [2.75, 3.05) is 7.11 Å². The summed E-state index contributed by atoms with van der Waals surface area (Å²) in [5.74, 6) is -1.43. The van der Waals surface area contributed by atoms with Crippen molar-refractivity contribution in [2.45, 2.75) is 33.6 Å². The smallest absolute Gasteiger partial charge is 0.305 e. The van der Waals surface area contributed by atoms with Gasteiger partial charge >= 0.3 is 5.97 Å². The van der Waals surface area contributed by atoms with Gasteiger partial charge in [-0.2, -0.15) is 0 Å². The van der Waals surface area contributed by atoms with Gasteiger partial charge in [0, 0.05) is 11.8 Å². The molecule has 80 valence electrons. The lowest BCUT2D eigenvalue weighted by atomic mass is 9.87. The predicted molar refractivity (Wildman–Crippen MR) is 50.7 cm³/mol. The van der Waals surface area contributed by atoms with Gasteiger partial charge in [0.15, 0.2) is 5.78 Å². The fourth-order valence-corrected chi connectivity index (χ4v) is 0.849. The molecule has 0 N–H and O–H groups in total. The summed E-state index contributed by atoms with van der Waals surface area (Å²) in [5.41, 5.74) is -0.673. The Labute approximate surface area is 83.6 Å². The van der Waals surface area contributed by atoms with Crippen LogP contribution in [-0.4, -0.2) is 24.6 Å². The summed E-state index contributed by atoms with van der Waals surface area (Å²) in [5, 5.41) is 0. The molecule has 0 aromatic carbocycles. The lowest BCUT2D eigenvalue weighted by molar-refractivity contribution is -0.144. The maximum atomic E-state index is 11.4. The van der Waals surface area contributed by atoms with E-state index < -0.39 is 23.0 Å². The number of rotatable bonds is 4. The Morgan fingerprint density at radius 1 is 1.07 bits per heavy atom. The maximum Gasteiger partial charge on any atom is 0.305 e. The first-order valence-corrected chi connectivity index (χ1v) is 4.43. The number of esters is 1. The van der Waals surface area contributed by atoms with Gasteiger partial charge in [-0.15, -0.1) is 0 Å². The standard InChI is InChI=1S/C10H16O4/c1-10(2,3)9(13)7(11)5-6-8(12)14-4/h5-6H2,1-4H3. The molecule has 0 amide bonds. The first-order valence-electron chi connectivity index (χ1n) is 4.43. The van der Waals surface area contributed by atoms with Gasteiger partial charge in [0.25, 0.3) is 0 Å². The summed E-state index contributed by atoms with van der Waals surface area (Å²) < 4.78 is 4.36. The fraction of sp³-hybridized carbons (Fsp3) is 0.700. The van der Waals surface area contributed by atoms with Crippen molar-refractivity contribution in [3.63, 3.8) is 0 Å². The average Bonchev–Trinajstić information content (AvgIpc) is 2.10. The third-order valence-electron chi connectivity index (χ3n) is 1.72. The second kappa shape index (κ2) is 4.88. The number of ether oxygens (including phenoxy) is 1. The lowest BCUT2D eigenvalue weighted by Gasteiger charge is -2.14. The molecule has 4 nitrogen and oxygen atoms in total. The van der Waals surface area contributed by atoms with Gasteiger partial charge in [0.2, 0.25) is 5.78 Å². The summed E-state index contributed by atoms with van der Waals surface area (Å²) >= 11 is 0. The highest BCUT2D eigenvalue weighted by molar-refractivity contribution is 6.39. The minimum absolute atomic E-state index is 0.0306. The van der Waals surface area contributed by atoms with Gasteiger partial charge < -0.3 is 4.74 Å². The van der Waals surface area contributed by atoms with E-state index in [9.17, 15) is 14.4 Å². The summed E-state index contributed by atoms with van der Waals surface area (Å²) in [7, 11) is 1.25. The Hall–Kier alpha value is -1.19. The number of hydrogen-bond acceptors (Lipinski definition) is 4. The molecule has 0 spiro atoms.